The molecule has 106 valence electrons. The number of carboxylic acid groups (broad SMARTS) is 1. The molecule has 2 atom stereocenters. The standard InChI is InChI=1S/C13H25NO4/c1-6-7-9(2)10(8-11(15)16)14-12(17)18-13(3,4)5/h9-10H,6-8H2,1-5H3,(H,14,17)(H,15,16)/t9-,10-/m1/s1. The number of hydrogen-bond donors (Lipinski definition) is 2. The number of aliphatic carboxylic acids is 1. The predicted molar refractivity (Wildman–Crippen MR) is 69.5 cm³/mol. The molecule has 0 bridgehead atoms. The zero-order chi connectivity index (χ0) is 14.3. The summed E-state index contributed by atoms with van der Waals surface area (Å²) in [6.07, 6.45) is 1.18. The Morgan fingerprint density at radius 3 is 2.28 bits per heavy atom. The van der Waals surface area contributed by atoms with E-state index < -0.39 is 23.7 Å². The molecule has 0 radical (unpaired) electrons. The molecule has 0 unspecified atom stereocenters. The molecule has 0 aliphatic carbocycles. The lowest BCUT2D eigenvalue weighted by Gasteiger charge is -2.26. The fourth-order valence-corrected chi connectivity index (χ4v) is 1.70. The van der Waals surface area contributed by atoms with Gasteiger partial charge in [0.05, 0.1) is 6.42 Å². The third kappa shape index (κ3) is 7.92. The minimum atomic E-state index is -0.918. The van der Waals surface area contributed by atoms with Crippen molar-refractivity contribution < 1.29 is 19.4 Å². The van der Waals surface area contributed by atoms with Crippen molar-refractivity contribution in [3.63, 3.8) is 0 Å². The molecule has 0 saturated carbocycles. The molecule has 0 heterocycles. The molecule has 0 aromatic heterocycles. The molecule has 0 aliphatic rings. The molecule has 5 nitrogen and oxygen atoms in total. The van der Waals surface area contributed by atoms with E-state index in [1.165, 1.54) is 0 Å². The minimum absolute atomic E-state index is 0.0829. The normalized spacial score (nSPS) is 14.7. The van der Waals surface area contributed by atoms with Crippen LogP contribution in [-0.2, 0) is 9.53 Å². The van der Waals surface area contributed by atoms with Crippen molar-refractivity contribution in [3.05, 3.63) is 0 Å². The van der Waals surface area contributed by atoms with Crippen molar-refractivity contribution in [1.82, 2.24) is 5.32 Å². The van der Waals surface area contributed by atoms with Crippen LogP contribution in [0.3, 0.4) is 0 Å². The van der Waals surface area contributed by atoms with Crippen LogP contribution < -0.4 is 5.32 Å². The highest BCUT2D eigenvalue weighted by molar-refractivity contribution is 5.71. The Kier molecular flexibility index (Phi) is 6.73. The molecule has 1 amide bonds. The third-order valence-electron chi connectivity index (χ3n) is 2.53. The van der Waals surface area contributed by atoms with Crippen molar-refractivity contribution >= 4 is 12.1 Å². The van der Waals surface area contributed by atoms with E-state index in [0.717, 1.165) is 12.8 Å². The quantitative estimate of drug-likeness (QED) is 0.769. The second-order valence-corrected chi connectivity index (χ2v) is 5.62. The highest BCUT2D eigenvalue weighted by Gasteiger charge is 2.24. The summed E-state index contributed by atoms with van der Waals surface area (Å²) in [5.74, 6) is -0.808. The van der Waals surface area contributed by atoms with E-state index in [-0.39, 0.29) is 12.3 Å². The van der Waals surface area contributed by atoms with E-state index in [2.05, 4.69) is 5.32 Å². The maximum atomic E-state index is 11.6. The first kappa shape index (κ1) is 16.7. The van der Waals surface area contributed by atoms with Gasteiger partial charge in [0, 0.05) is 6.04 Å². The van der Waals surface area contributed by atoms with E-state index in [4.69, 9.17) is 9.84 Å². The van der Waals surface area contributed by atoms with E-state index in [9.17, 15) is 9.59 Å². The third-order valence-corrected chi connectivity index (χ3v) is 2.53. The predicted octanol–water partition coefficient (Wildman–Crippen LogP) is 2.79. The van der Waals surface area contributed by atoms with Crippen LogP contribution in [0.25, 0.3) is 0 Å². The van der Waals surface area contributed by atoms with Crippen LogP contribution in [0.1, 0.15) is 53.9 Å². The number of rotatable bonds is 6. The van der Waals surface area contributed by atoms with Crippen LogP contribution in [0.5, 0.6) is 0 Å². The van der Waals surface area contributed by atoms with Gasteiger partial charge in [-0.15, -0.1) is 0 Å². The van der Waals surface area contributed by atoms with Gasteiger partial charge < -0.3 is 15.2 Å². The Hall–Kier alpha value is -1.26. The van der Waals surface area contributed by atoms with Gasteiger partial charge >= 0.3 is 12.1 Å². The Morgan fingerprint density at radius 2 is 1.89 bits per heavy atom. The molecule has 0 rings (SSSR count). The molecule has 2 N–H and O–H groups in total. The second-order valence-electron chi connectivity index (χ2n) is 5.62. The van der Waals surface area contributed by atoms with Gasteiger partial charge in [0.15, 0.2) is 0 Å². The first-order chi connectivity index (χ1) is 8.15. The molecule has 0 aromatic carbocycles. The smallest absolute Gasteiger partial charge is 0.407 e. The van der Waals surface area contributed by atoms with Crippen molar-refractivity contribution in [2.24, 2.45) is 5.92 Å². The van der Waals surface area contributed by atoms with Gasteiger partial charge in [-0.2, -0.15) is 0 Å². The first-order valence-corrected chi connectivity index (χ1v) is 6.37. The average Bonchev–Trinajstić information content (AvgIpc) is 2.13. The van der Waals surface area contributed by atoms with Crippen LogP contribution in [0.2, 0.25) is 0 Å². The Labute approximate surface area is 109 Å². The molecule has 5 heteroatoms. The van der Waals surface area contributed by atoms with Gasteiger partial charge in [0.1, 0.15) is 5.60 Å². The fourth-order valence-electron chi connectivity index (χ4n) is 1.70. The Balaban J connectivity index is 4.48. The molecular formula is C13H25NO4. The Morgan fingerprint density at radius 1 is 1.33 bits per heavy atom. The monoisotopic (exact) mass is 259 g/mol. The number of nitrogens with one attached hydrogen (secondary N) is 1. The lowest BCUT2D eigenvalue weighted by atomic mass is 9.94. The number of amides is 1. The summed E-state index contributed by atoms with van der Waals surface area (Å²) in [4.78, 5) is 22.4. The van der Waals surface area contributed by atoms with Crippen LogP contribution in [-0.4, -0.2) is 28.8 Å². The summed E-state index contributed by atoms with van der Waals surface area (Å²) >= 11 is 0. The number of carboxylic acids is 1. The van der Waals surface area contributed by atoms with Gasteiger partial charge in [-0.05, 0) is 33.1 Å². The minimum Gasteiger partial charge on any atom is -0.481 e. The number of ether oxygens (including phenoxy) is 1. The summed E-state index contributed by atoms with van der Waals surface area (Å²) in [5.41, 5.74) is -0.578. The lowest BCUT2D eigenvalue weighted by Crippen LogP contribution is -2.43. The summed E-state index contributed by atoms with van der Waals surface area (Å²) < 4.78 is 5.14. The summed E-state index contributed by atoms with van der Waals surface area (Å²) in [7, 11) is 0. The molecule has 0 fully saturated rings. The maximum absolute atomic E-state index is 11.6. The zero-order valence-electron chi connectivity index (χ0n) is 11.9. The highest BCUT2D eigenvalue weighted by atomic mass is 16.6. The van der Waals surface area contributed by atoms with E-state index in [1.54, 1.807) is 20.8 Å². The van der Waals surface area contributed by atoms with Crippen molar-refractivity contribution in [2.45, 2.75) is 65.5 Å². The number of alkyl carbamates (subject to hydrolysis) is 1. The average molecular weight is 259 g/mol. The fraction of sp³-hybridized carbons (Fsp3) is 0.846. The molecule has 18 heavy (non-hydrogen) atoms. The van der Waals surface area contributed by atoms with Crippen LogP contribution in [0.4, 0.5) is 4.79 Å². The maximum Gasteiger partial charge on any atom is 0.407 e. The summed E-state index contributed by atoms with van der Waals surface area (Å²) in [5, 5.41) is 11.5. The Bertz CT molecular complexity index is 283. The number of carbonyl (C=O) groups is 2. The topological polar surface area (TPSA) is 75.6 Å². The highest BCUT2D eigenvalue weighted by Crippen LogP contribution is 2.15. The molecule has 0 aliphatic heterocycles. The number of carbonyl (C=O) groups excluding carboxylic acids is 1. The molecule has 0 aromatic rings. The SMILES string of the molecule is CCC[C@@H](C)[C@@H](CC(=O)O)NC(=O)OC(C)(C)C. The molecular weight excluding hydrogens is 234 g/mol. The van der Waals surface area contributed by atoms with E-state index in [1.807, 2.05) is 13.8 Å². The first-order valence-electron chi connectivity index (χ1n) is 6.37. The van der Waals surface area contributed by atoms with E-state index >= 15 is 0 Å². The molecule has 0 spiro atoms. The van der Waals surface area contributed by atoms with Crippen molar-refractivity contribution in [2.75, 3.05) is 0 Å². The summed E-state index contributed by atoms with van der Waals surface area (Å²) in [6, 6.07) is -0.391. The largest absolute Gasteiger partial charge is 0.481 e. The van der Waals surface area contributed by atoms with Crippen LogP contribution in [0, 0.1) is 5.92 Å². The van der Waals surface area contributed by atoms with Crippen molar-refractivity contribution in [3.8, 4) is 0 Å². The van der Waals surface area contributed by atoms with Crippen molar-refractivity contribution in [1.29, 1.82) is 0 Å². The zero-order valence-corrected chi connectivity index (χ0v) is 11.9. The van der Waals surface area contributed by atoms with Gasteiger partial charge in [-0.25, -0.2) is 4.79 Å². The van der Waals surface area contributed by atoms with Gasteiger partial charge in [0.2, 0.25) is 0 Å². The van der Waals surface area contributed by atoms with Gasteiger partial charge in [0.25, 0.3) is 0 Å². The van der Waals surface area contributed by atoms with E-state index in [0.29, 0.717) is 0 Å². The lowest BCUT2D eigenvalue weighted by molar-refractivity contribution is -0.137. The van der Waals surface area contributed by atoms with Crippen LogP contribution >= 0.6 is 0 Å². The van der Waals surface area contributed by atoms with Gasteiger partial charge in [-0.1, -0.05) is 20.3 Å². The second kappa shape index (κ2) is 7.24. The van der Waals surface area contributed by atoms with Gasteiger partial charge in [-0.3, -0.25) is 4.79 Å². The number of hydrogen-bond acceptors (Lipinski definition) is 3. The summed E-state index contributed by atoms with van der Waals surface area (Å²) in [6.45, 7) is 9.28. The molecule has 0 saturated heterocycles. The van der Waals surface area contributed by atoms with Crippen LogP contribution in [0.15, 0.2) is 0 Å².